The third-order valence-electron chi connectivity index (χ3n) is 2.49. The van der Waals surface area contributed by atoms with Gasteiger partial charge < -0.3 is 15.6 Å². The Kier molecular flexibility index (Phi) is 3.38. The van der Waals surface area contributed by atoms with Crippen LogP contribution in [-0.2, 0) is 6.54 Å². The minimum atomic E-state index is 0.624. The number of benzene rings is 1. The minimum absolute atomic E-state index is 0.624. The van der Waals surface area contributed by atoms with Gasteiger partial charge in [-0.3, -0.25) is 0 Å². The van der Waals surface area contributed by atoms with Crippen LogP contribution < -0.4 is 11.1 Å². The van der Waals surface area contributed by atoms with Crippen LogP contribution in [0.3, 0.4) is 0 Å². The first-order valence-electron chi connectivity index (χ1n) is 5.28. The first-order valence-corrected chi connectivity index (χ1v) is 6.07. The second-order valence-electron chi connectivity index (χ2n) is 3.97. The first-order chi connectivity index (χ1) is 8.06. The SMILES string of the molecule is Cc1cc(CNc2cc(C)c(N)cc2Br)no1. The Morgan fingerprint density at radius 1 is 1.35 bits per heavy atom. The largest absolute Gasteiger partial charge is 0.398 e. The van der Waals surface area contributed by atoms with E-state index in [2.05, 4.69) is 26.4 Å². The fourth-order valence-electron chi connectivity index (χ4n) is 1.52. The molecule has 0 bridgehead atoms. The van der Waals surface area contributed by atoms with Crippen molar-refractivity contribution in [2.24, 2.45) is 0 Å². The highest BCUT2D eigenvalue weighted by Gasteiger charge is 2.05. The summed E-state index contributed by atoms with van der Waals surface area (Å²) in [6, 6.07) is 5.81. The maximum Gasteiger partial charge on any atom is 0.133 e. The fraction of sp³-hybridized carbons (Fsp3) is 0.250. The molecule has 0 saturated heterocycles. The Bertz CT molecular complexity index is 537. The van der Waals surface area contributed by atoms with Crippen molar-refractivity contribution in [3.05, 3.63) is 39.7 Å². The summed E-state index contributed by atoms with van der Waals surface area (Å²) in [5.74, 6) is 0.814. The molecule has 3 N–H and O–H groups in total. The predicted molar refractivity (Wildman–Crippen MR) is 71.9 cm³/mol. The number of nitrogens with one attached hydrogen (secondary N) is 1. The summed E-state index contributed by atoms with van der Waals surface area (Å²) < 4.78 is 5.95. The lowest BCUT2D eigenvalue weighted by atomic mass is 10.2. The molecule has 1 aromatic carbocycles. The zero-order valence-electron chi connectivity index (χ0n) is 9.75. The lowest BCUT2D eigenvalue weighted by molar-refractivity contribution is 0.391. The molecule has 0 unspecified atom stereocenters. The summed E-state index contributed by atoms with van der Waals surface area (Å²) in [7, 11) is 0. The maximum atomic E-state index is 5.82. The monoisotopic (exact) mass is 295 g/mol. The van der Waals surface area contributed by atoms with Crippen molar-refractivity contribution in [2.45, 2.75) is 20.4 Å². The molecule has 2 aromatic rings. The van der Waals surface area contributed by atoms with Crippen molar-refractivity contribution >= 4 is 27.3 Å². The van der Waals surface area contributed by atoms with E-state index in [1.165, 1.54) is 0 Å². The summed E-state index contributed by atoms with van der Waals surface area (Å²) >= 11 is 3.47. The molecular formula is C12H14BrN3O. The molecule has 2 rings (SSSR count). The second-order valence-corrected chi connectivity index (χ2v) is 4.83. The van der Waals surface area contributed by atoms with Gasteiger partial charge in [0.1, 0.15) is 11.5 Å². The molecule has 0 amide bonds. The van der Waals surface area contributed by atoms with E-state index in [9.17, 15) is 0 Å². The number of halogens is 1. The van der Waals surface area contributed by atoms with Crippen molar-refractivity contribution in [1.82, 2.24) is 5.16 Å². The van der Waals surface area contributed by atoms with Gasteiger partial charge in [0.15, 0.2) is 0 Å². The Balaban J connectivity index is 2.11. The topological polar surface area (TPSA) is 64.1 Å². The molecule has 0 aliphatic heterocycles. The van der Waals surface area contributed by atoms with E-state index >= 15 is 0 Å². The quantitative estimate of drug-likeness (QED) is 0.853. The van der Waals surface area contributed by atoms with Gasteiger partial charge in [0.2, 0.25) is 0 Å². The fourth-order valence-corrected chi connectivity index (χ4v) is 2.02. The summed E-state index contributed by atoms with van der Waals surface area (Å²) in [5.41, 5.74) is 9.52. The smallest absolute Gasteiger partial charge is 0.133 e. The van der Waals surface area contributed by atoms with Gasteiger partial charge in [-0.1, -0.05) is 5.16 Å². The lowest BCUT2D eigenvalue weighted by Gasteiger charge is -2.09. The van der Waals surface area contributed by atoms with E-state index in [1.807, 2.05) is 32.0 Å². The van der Waals surface area contributed by atoms with Gasteiger partial charge in [0.05, 0.1) is 6.54 Å². The maximum absolute atomic E-state index is 5.82. The van der Waals surface area contributed by atoms with Gasteiger partial charge in [0.25, 0.3) is 0 Å². The van der Waals surface area contributed by atoms with Gasteiger partial charge in [-0.2, -0.15) is 0 Å². The molecular weight excluding hydrogens is 282 g/mol. The van der Waals surface area contributed by atoms with Crippen molar-refractivity contribution in [2.75, 3.05) is 11.1 Å². The van der Waals surface area contributed by atoms with E-state index in [0.29, 0.717) is 6.54 Å². The van der Waals surface area contributed by atoms with Crippen LogP contribution in [0.1, 0.15) is 17.0 Å². The standard InChI is InChI=1S/C12H14BrN3O/c1-7-3-12(10(13)5-11(7)14)15-6-9-4-8(2)17-16-9/h3-5,15H,6,14H2,1-2H3. The Hall–Kier alpha value is -1.49. The van der Waals surface area contributed by atoms with Crippen LogP contribution in [0.5, 0.6) is 0 Å². The molecule has 17 heavy (non-hydrogen) atoms. The highest BCUT2D eigenvalue weighted by molar-refractivity contribution is 9.10. The summed E-state index contributed by atoms with van der Waals surface area (Å²) in [5, 5.41) is 7.21. The van der Waals surface area contributed by atoms with Gasteiger partial charge in [-0.15, -0.1) is 0 Å². The Labute approximate surface area is 108 Å². The van der Waals surface area contributed by atoms with E-state index in [4.69, 9.17) is 10.3 Å². The van der Waals surface area contributed by atoms with Crippen molar-refractivity contribution in [3.8, 4) is 0 Å². The van der Waals surface area contributed by atoms with Crippen LogP contribution in [0.25, 0.3) is 0 Å². The van der Waals surface area contributed by atoms with Crippen molar-refractivity contribution in [3.63, 3.8) is 0 Å². The molecule has 0 saturated carbocycles. The molecule has 0 aliphatic carbocycles. The van der Waals surface area contributed by atoms with Gasteiger partial charge >= 0.3 is 0 Å². The Morgan fingerprint density at radius 3 is 2.76 bits per heavy atom. The molecule has 5 heteroatoms. The van der Waals surface area contributed by atoms with Crippen LogP contribution in [0.2, 0.25) is 0 Å². The van der Waals surface area contributed by atoms with Gasteiger partial charge in [0, 0.05) is 21.9 Å². The summed E-state index contributed by atoms with van der Waals surface area (Å²) in [4.78, 5) is 0. The summed E-state index contributed by atoms with van der Waals surface area (Å²) in [6.45, 7) is 4.48. The predicted octanol–water partition coefficient (Wildman–Crippen LogP) is 3.25. The molecule has 0 radical (unpaired) electrons. The van der Waals surface area contributed by atoms with E-state index in [0.717, 1.165) is 32.9 Å². The molecule has 1 heterocycles. The molecule has 90 valence electrons. The van der Waals surface area contributed by atoms with Crippen molar-refractivity contribution < 1.29 is 4.52 Å². The van der Waals surface area contributed by atoms with E-state index in [1.54, 1.807) is 0 Å². The number of hydrogen-bond acceptors (Lipinski definition) is 4. The molecule has 0 fully saturated rings. The summed E-state index contributed by atoms with van der Waals surface area (Å²) in [6.07, 6.45) is 0. The number of nitrogens with zero attached hydrogens (tertiary/aromatic N) is 1. The zero-order chi connectivity index (χ0) is 12.4. The highest BCUT2D eigenvalue weighted by atomic mass is 79.9. The molecule has 0 atom stereocenters. The minimum Gasteiger partial charge on any atom is -0.398 e. The third-order valence-corrected chi connectivity index (χ3v) is 3.15. The average Bonchev–Trinajstić information content (AvgIpc) is 2.68. The number of aryl methyl sites for hydroxylation is 2. The molecule has 1 aromatic heterocycles. The van der Waals surface area contributed by atoms with Gasteiger partial charge in [-0.25, -0.2) is 0 Å². The van der Waals surface area contributed by atoms with Crippen molar-refractivity contribution in [1.29, 1.82) is 0 Å². The van der Waals surface area contributed by atoms with Crippen LogP contribution in [0.4, 0.5) is 11.4 Å². The molecule has 0 aliphatic rings. The van der Waals surface area contributed by atoms with Gasteiger partial charge in [-0.05, 0) is 47.5 Å². The van der Waals surface area contributed by atoms with E-state index < -0.39 is 0 Å². The number of nitrogens with two attached hydrogens (primary N) is 1. The second kappa shape index (κ2) is 4.79. The number of rotatable bonds is 3. The lowest BCUT2D eigenvalue weighted by Crippen LogP contribution is -2.01. The van der Waals surface area contributed by atoms with Crippen LogP contribution >= 0.6 is 15.9 Å². The Morgan fingerprint density at radius 2 is 2.12 bits per heavy atom. The van der Waals surface area contributed by atoms with Crippen LogP contribution in [-0.4, -0.2) is 5.16 Å². The zero-order valence-corrected chi connectivity index (χ0v) is 11.3. The number of anilines is 2. The average molecular weight is 296 g/mol. The molecule has 0 spiro atoms. The molecule has 4 nitrogen and oxygen atoms in total. The van der Waals surface area contributed by atoms with Crippen LogP contribution in [0, 0.1) is 13.8 Å². The highest BCUT2D eigenvalue weighted by Crippen LogP contribution is 2.28. The number of aromatic nitrogens is 1. The third kappa shape index (κ3) is 2.79. The normalized spacial score (nSPS) is 10.5. The number of nitrogen functional groups attached to an aromatic ring is 1. The first kappa shape index (κ1) is 12.0. The van der Waals surface area contributed by atoms with E-state index in [-0.39, 0.29) is 0 Å². The number of hydrogen-bond donors (Lipinski definition) is 2. The van der Waals surface area contributed by atoms with Crippen LogP contribution in [0.15, 0.2) is 27.2 Å².